The van der Waals surface area contributed by atoms with Crippen LogP contribution in [0.15, 0.2) is 0 Å². The molecule has 2 heteroatoms. The van der Waals surface area contributed by atoms with Crippen LogP contribution >= 0.6 is 0 Å². The maximum Gasteiger partial charge on any atom is 0.00988 e. The summed E-state index contributed by atoms with van der Waals surface area (Å²) in [5, 5.41) is 3.89. The van der Waals surface area contributed by atoms with E-state index in [9.17, 15) is 0 Å². The maximum atomic E-state index is 3.89. The molecule has 2 heterocycles. The fourth-order valence-electron chi connectivity index (χ4n) is 4.64. The van der Waals surface area contributed by atoms with E-state index in [0.717, 1.165) is 30.0 Å². The number of fused-ring (bicyclic) bond motifs is 2. The topological polar surface area (TPSA) is 15.3 Å². The lowest BCUT2D eigenvalue weighted by molar-refractivity contribution is 0.129. The monoisotopic (exact) mass is 250 g/mol. The van der Waals surface area contributed by atoms with Gasteiger partial charge in [-0.15, -0.1) is 0 Å². The Bertz CT molecular complexity index is 264. The van der Waals surface area contributed by atoms with Gasteiger partial charge in [-0.05, 0) is 64.0 Å². The first-order valence-corrected chi connectivity index (χ1v) is 8.17. The molecule has 0 spiro atoms. The van der Waals surface area contributed by atoms with E-state index in [-0.39, 0.29) is 0 Å². The van der Waals surface area contributed by atoms with Gasteiger partial charge in [0.1, 0.15) is 0 Å². The zero-order valence-corrected chi connectivity index (χ0v) is 12.2. The highest BCUT2D eigenvalue weighted by Gasteiger charge is 2.38. The largest absolute Gasteiger partial charge is 0.314 e. The van der Waals surface area contributed by atoms with E-state index in [2.05, 4.69) is 24.2 Å². The maximum absolute atomic E-state index is 3.89. The summed E-state index contributed by atoms with van der Waals surface area (Å²) in [5.41, 5.74) is 0. The number of nitrogens with zero attached hydrogens (tertiary/aromatic N) is 1. The first-order chi connectivity index (χ1) is 8.72. The van der Waals surface area contributed by atoms with Crippen LogP contribution in [0.2, 0.25) is 0 Å². The summed E-state index contributed by atoms with van der Waals surface area (Å²) in [5.74, 6) is 1.90. The van der Waals surface area contributed by atoms with Gasteiger partial charge in [-0.25, -0.2) is 0 Å². The fraction of sp³-hybridized carbons (Fsp3) is 1.00. The Labute approximate surface area is 113 Å². The number of piperidine rings is 1. The highest BCUT2D eigenvalue weighted by Crippen LogP contribution is 2.37. The number of hydrogen-bond acceptors (Lipinski definition) is 2. The van der Waals surface area contributed by atoms with Crippen LogP contribution in [0.1, 0.15) is 58.3 Å². The molecule has 0 aromatic rings. The molecule has 4 unspecified atom stereocenters. The third-order valence-electron chi connectivity index (χ3n) is 5.83. The molecule has 0 radical (unpaired) electrons. The Kier molecular flexibility index (Phi) is 3.95. The van der Waals surface area contributed by atoms with E-state index >= 15 is 0 Å². The standard InChI is InChI=1S/C16H30N2/c1-12-4-3-5-14(8-12)17-11-13-9-15-6-7-16(10-13)18(15)2/h12-17H,3-11H2,1-2H3. The van der Waals surface area contributed by atoms with Gasteiger partial charge >= 0.3 is 0 Å². The highest BCUT2D eigenvalue weighted by atomic mass is 15.2. The van der Waals surface area contributed by atoms with E-state index in [0.29, 0.717) is 0 Å². The molecule has 0 aromatic carbocycles. The van der Waals surface area contributed by atoms with Crippen LogP contribution in [0.5, 0.6) is 0 Å². The summed E-state index contributed by atoms with van der Waals surface area (Å²) >= 11 is 0. The van der Waals surface area contributed by atoms with Crippen molar-refractivity contribution in [1.29, 1.82) is 0 Å². The van der Waals surface area contributed by atoms with Gasteiger partial charge in [-0.1, -0.05) is 19.8 Å². The molecular weight excluding hydrogens is 220 g/mol. The lowest BCUT2D eigenvalue weighted by Crippen LogP contribution is -2.44. The third-order valence-corrected chi connectivity index (χ3v) is 5.83. The van der Waals surface area contributed by atoms with Crippen LogP contribution in [-0.4, -0.2) is 36.6 Å². The van der Waals surface area contributed by atoms with E-state index in [1.54, 1.807) is 0 Å². The lowest BCUT2D eigenvalue weighted by atomic mass is 9.86. The Morgan fingerprint density at radius 3 is 2.39 bits per heavy atom. The first-order valence-electron chi connectivity index (χ1n) is 8.17. The van der Waals surface area contributed by atoms with Gasteiger partial charge in [0.15, 0.2) is 0 Å². The smallest absolute Gasteiger partial charge is 0.00988 e. The normalized spacial score (nSPS) is 45.3. The molecule has 1 aliphatic carbocycles. The van der Waals surface area contributed by atoms with Crippen LogP contribution in [0.3, 0.4) is 0 Å². The van der Waals surface area contributed by atoms with Gasteiger partial charge in [-0.2, -0.15) is 0 Å². The molecule has 0 aromatic heterocycles. The second kappa shape index (κ2) is 5.50. The molecule has 2 saturated heterocycles. The van der Waals surface area contributed by atoms with Crippen LogP contribution in [0.25, 0.3) is 0 Å². The molecule has 2 aliphatic heterocycles. The summed E-state index contributed by atoms with van der Waals surface area (Å²) in [6.07, 6.45) is 11.5. The van der Waals surface area contributed by atoms with Gasteiger partial charge in [0.2, 0.25) is 0 Å². The van der Waals surface area contributed by atoms with Crippen molar-refractivity contribution in [2.24, 2.45) is 11.8 Å². The average molecular weight is 250 g/mol. The van der Waals surface area contributed by atoms with Gasteiger partial charge < -0.3 is 10.2 Å². The van der Waals surface area contributed by atoms with Crippen LogP contribution in [0, 0.1) is 11.8 Å². The molecule has 1 saturated carbocycles. The second-order valence-corrected chi connectivity index (χ2v) is 7.26. The summed E-state index contributed by atoms with van der Waals surface area (Å²) < 4.78 is 0. The van der Waals surface area contributed by atoms with Crippen molar-refractivity contribution in [3.05, 3.63) is 0 Å². The highest BCUT2D eigenvalue weighted by molar-refractivity contribution is 4.94. The van der Waals surface area contributed by atoms with E-state index < -0.39 is 0 Å². The molecule has 2 nitrogen and oxygen atoms in total. The van der Waals surface area contributed by atoms with Gasteiger partial charge in [-0.3, -0.25) is 0 Å². The summed E-state index contributed by atoms with van der Waals surface area (Å²) in [7, 11) is 2.34. The van der Waals surface area contributed by atoms with Crippen molar-refractivity contribution in [2.75, 3.05) is 13.6 Å². The van der Waals surface area contributed by atoms with Gasteiger partial charge in [0.05, 0.1) is 0 Å². The summed E-state index contributed by atoms with van der Waals surface area (Å²) in [4.78, 5) is 2.65. The van der Waals surface area contributed by atoms with Crippen molar-refractivity contribution >= 4 is 0 Å². The molecule has 3 rings (SSSR count). The van der Waals surface area contributed by atoms with Gasteiger partial charge in [0.25, 0.3) is 0 Å². The second-order valence-electron chi connectivity index (χ2n) is 7.26. The van der Waals surface area contributed by atoms with E-state index in [4.69, 9.17) is 0 Å². The molecule has 3 fully saturated rings. The molecule has 3 aliphatic rings. The SMILES string of the molecule is CC1CCCC(NCC2CC3CCC(C2)N3C)C1. The predicted octanol–water partition coefficient (Wildman–Crippen LogP) is 3.03. The molecular formula is C16H30N2. The fourth-order valence-corrected chi connectivity index (χ4v) is 4.64. The lowest BCUT2D eigenvalue weighted by Gasteiger charge is -2.37. The van der Waals surface area contributed by atoms with Crippen molar-refractivity contribution in [3.63, 3.8) is 0 Å². The third kappa shape index (κ3) is 2.75. The molecule has 18 heavy (non-hydrogen) atoms. The molecule has 0 amide bonds. The van der Waals surface area contributed by atoms with Crippen molar-refractivity contribution in [1.82, 2.24) is 10.2 Å². The zero-order valence-electron chi connectivity index (χ0n) is 12.2. The zero-order chi connectivity index (χ0) is 12.5. The Morgan fingerprint density at radius 2 is 1.72 bits per heavy atom. The van der Waals surface area contributed by atoms with E-state index in [1.165, 1.54) is 57.9 Å². The van der Waals surface area contributed by atoms with Crippen molar-refractivity contribution < 1.29 is 0 Å². The Balaban J connectivity index is 1.44. The molecule has 2 bridgehead atoms. The van der Waals surface area contributed by atoms with Crippen molar-refractivity contribution in [3.8, 4) is 0 Å². The number of hydrogen-bond donors (Lipinski definition) is 1. The minimum atomic E-state index is 0.825. The van der Waals surface area contributed by atoms with Crippen LogP contribution < -0.4 is 5.32 Å². The van der Waals surface area contributed by atoms with Crippen LogP contribution in [0.4, 0.5) is 0 Å². The molecule has 1 N–H and O–H groups in total. The van der Waals surface area contributed by atoms with Crippen LogP contribution in [-0.2, 0) is 0 Å². The first kappa shape index (κ1) is 12.9. The minimum absolute atomic E-state index is 0.825. The van der Waals surface area contributed by atoms with Gasteiger partial charge in [0, 0.05) is 18.1 Å². The summed E-state index contributed by atoms with van der Waals surface area (Å²) in [6, 6.07) is 2.63. The average Bonchev–Trinajstić information content (AvgIpc) is 2.60. The van der Waals surface area contributed by atoms with Crippen molar-refractivity contribution in [2.45, 2.75) is 76.4 Å². The Morgan fingerprint density at radius 1 is 1.00 bits per heavy atom. The van der Waals surface area contributed by atoms with E-state index in [1.807, 2.05) is 0 Å². The quantitative estimate of drug-likeness (QED) is 0.828. The summed E-state index contributed by atoms with van der Waals surface area (Å²) in [6.45, 7) is 3.71. The Hall–Kier alpha value is -0.0800. The predicted molar refractivity (Wildman–Crippen MR) is 76.7 cm³/mol. The molecule has 4 atom stereocenters. The number of rotatable bonds is 3. The number of nitrogens with one attached hydrogen (secondary N) is 1. The molecule has 104 valence electrons. The minimum Gasteiger partial charge on any atom is -0.314 e.